The molecule has 0 unspecified atom stereocenters. The zero-order valence-corrected chi connectivity index (χ0v) is 31.2. The second-order valence-corrected chi connectivity index (χ2v) is 14.4. The summed E-state index contributed by atoms with van der Waals surface area (Å²) in [5, 5.41) is 168. The minimum atomic E-state index is -2.20. The molecular formula is C32H57NO25. The van der Waals surface area contributed by atoms with Gasteiger partial charge in [-0.2, -0.15) is 0 Å². The third kappa shape index (κ3) is 10.7. The van der Waals surface area contributed by atoms with Crippen LogP contribution in [0, 0.1) is 0 Å². The SMILES string of the molecule is CC(=O)N[C@H]1[C@H](O[C@H]2[C@@H](O)[C@@H](CO)O[C@@H](O[C@@H]([C@H](O)[C@@H](O)CO)[C@H](O)CO)[C@@H]2O)O[C@H](CO)[C@@H](O[C@H]2O[C@H](C)[C@H](O)[C@H](O)[C@H]2O)[C@@H]1O[C@@H]1O[C@H](CO)[C@H](O)[C@H](O)[C@H]1O. The van der Waals surface area contributed by atoms with Crippen LogP contribution in [0.4, 0.5) is 0 Å². The Labute approximate surface area is 329 Å². The topological polar surface area (TPSA) is 427 Å². The zero-order chi connectivity index (χ0) is 43.3. The summed E-state index contributed by atoms with van der Waals surface area (Å²) in [6.45, 7) is -2.71. The molecule has 4 saturated heterocycles. The molecule has 26 heteroatoms. The van der Waals surface area contributed by atoms with E-state index in [1.165, 1.54) is 6.92 Å². The van der Waals surface area contributed by atoms with Crippen molar-refractivity contribution in [3.05, 3.63) is 0 Å². The number of amides is 1. The van der Waals surface area contributed by atoms with Gasteiger partial charge in [-0.15, -0.1) is 0 Å². The van der Waals surface area contributed by atoms with Gasteiger partial charge in [0.2, 0.25) is 5.91 Å². The summed E-state index contributed by atoms with van der Waals surface area (Å²) in [6, 6.07) is -1.77. The van der Waals surface area contributed by atoms with Crippen LogP contribution in [-0.2, 0) is 42.7 Å². The molecule has 58 heavy (non-hydrogen) atoms. The van der Waals surface area contributed by atoms with Crippen molar-refractivity contribution in [3.63, 3.8) is 0 Å². The van der Waals surface area contributed by atoms with Gasteiger partial charge in [0, 0.05) is 6.92 Å². The van der Waals surface area contributed by atoms with Gasteiger partial charge in [0.15, 0.2) is 25.2 Å². The van der Waals surface area contributed by atoms with E-state index in [2.05, 4.69) is 5.32 Å². The molecule has 4 fully saturated rings. The number of hydrogen-bond acceptors (Lipinski definition) is 25. The molecular weight excluding hydrogens is 798 g/mol. The molecule has 1 amide bonds. The smallest absolute Gasteiger partial charge is 0.217 e. The Morgan fingerprint density at radius 3 is 1.59 bits per heavy atom. The summed E-state index contributed by atoms with van der Waals surface area (Å²) in [5.41, 5.74) is 0. The Kier molecular flexibility index (Phi) is 18.3. The van der Waals surface area contributed by atoms with E-state index in [0.717, 1.165) is 6.92 Å². The zero-order valence-electron chi connectivity index (χ0n) is 31.2. The first-order valence-corrected chi connectivity index (χ1v) is 18.4. The van der Waals surface area contributed by atoms with Gasteiger partial charge in [0.05, 0.1) is 39.1 Å². The van der Waals surface area contributed by atoms with Crippen LogP contribution in [0.5, 0.6) is 0 Å². The third-order valence-electron chi connectivity index (χ3n) is 10.3. The Balaban J connectivity index is 1.75. The largest absolute Gasteiger partial charge is 0.394 e. The number of carbonyl (C=O) groups excluding carboxylic acids is 1. The van der Waals surface area contributed by atoms with Crippen molar-refractivity contribution >= 4 is 5.91 Å². The van der Waals surface area contributed by atoms with Crippen LogP contribution in [0.3, 0.4) is 0 Å². The van der Waals surface area contributed by atoms with Gasteiger partial charge in [-0.3, -0.25) is 4.79 Å². The maximum Gasteiger partial charge on any atom is 0.217 e. The monoisotopic (exact) mass is 855 g/mol. The second kappa shape index (κ2) is 21.5. The third-order valence-corrected chi connectivity index (χ3v) is 10.3. The Bertz CT molecular complexity index is 1260. The van der Waals surface area contributed by atoms with Crippen LogP contribution < -0.4 is 5.32 Å². The summed E-state index contributed by atoms with van der Waals surface area (Å²) < 4.78 is 45.9. The molecule has 0 aromatic carbocycles. The molecule has 0 aromatic heterocycles. The lowest BCUT2D eigenvalue weighted by atomic mass is 9.93. The number of aliphatic hydroxyl groups excluding tert-OH is 16. The molecule has 4 heterocycles. The normalized spacial score (nSPS) is 45.9. The number of carbonyl (C=O) groups is 1. The molecule has 26 nitrogen and oxygen atoms in total. The fourth-order valence-corrected chi connectivity index (χ4v) is 6.96. The highest BCUT2D eigenvalue weighted by Crippen LogP contribution is 2.36. The molecule has 17 N–H and O–H groups in total. The number of hydrogen-bond donors (Lipinski definition) is 17. The van der Waals surface area contributed by atoms with Gasteiger partial charge in [0.1, 0.15) is 116 Å². The average Bonchev–Trinajstić information content (AvgIpc) is 3.20. The highest BCUT2D eigenvalue weighted by Gasteiger charge is 2.57. The molecule has 0 aliphatic carbocycles. The summed E-state index contributed by atoms with van der Waals surface area (Å²) in [6.07, 6.45) is -43.1. The molecule has 4 aliphatic heterocycles. The Morgan fingerprint density at radius 2 is 1.03 bits per heavy atom. The van der Waals surface area contributed by atoms with Crippen molar-refractivity contribution in [1.82, 2.24) is 5.32 Å². The lowest BCUT2D eigenvalue weighted by Gasteiger charge is -2.51. The lowest BCUT2D eigenvalue weighted by Crippen LogP contribution is -2.71. The highest BCUT2D eigenvalue weighted by molar-refractivity contribution is 5.73. The van der Waals surface area contributed by atoms with Crippen LogP contribution in [0.1, 0.15) is 13.8 Å². The molecule has 340 valence electrons. The van der Waals surface area contributed by atoms with Crippen molar-refractivity contribution in [1.29, 1.82) is 0 Å². The average molecular weight is 856 g/mol. The summed E-state index contributed by atoms with van der Waals surface area (Å²) in [7, 11) is 0. The van der Waals surface area contributed by atoms with Crippen molar-refractivity contribution in [2.45, 2.75) is 161 Å². The van der Waals surface area contributed by atoms with Crippen LogP contribution in [-0.4, -0.2) is 268 Å². The predicted molar refractivity (Wildman–Crippen MR) is 179 cm³/mol. The van der Waals surface area contributed by atoms with E-state index in [9.17, 15) is 86.5 Å². The first-order valence-electron chi connectivity index (χ1n) is 18.4. The van der Waals surface area contributed by atoms with Crippen molar-refractivity contribution < 1.29 is 124 Å². The summed E-state index contributed by atoms with van der Waals surface area (Å²) in [5.74, 6) is -0.855. The maximum atomic E-state index is 12.7. The Hall–Kier alpha value is -1.49. The molecule has 0 aromatic rings. The molecule has 0 saturated carbocycles. The molecule has 0 bridgehead atoms. The lowest BCUT2D eigenvalue weighted by molar-refractivity contribution is -0.388. The van der Waals surface area contributed by atoms with Crippen molar-refractivity contribution in [3.8, 4) is 0 Å². The Morgan fingerprint density at radius 1 is 0.552 bits per heavy atom. The molecule has 4 rings (SSSR count). The molecule has 0 radical (unpaired) electrons. The van der Waals surface area contributed by atoms with E-state index in [4.69, 9.17) is 37.9 Å². The maximum absolute atomic E-state index is 12.7. The summed E-state index contributed by atoms with van der Waals surface area (Å²) >= 11 is 0. The van der Waals surface area contributed by atoms with E-state index >= 15 is 0 Å². The predicted octanol–water partition coefficient (Wildman–Crippen LogP) is -11.1. The van der Waals surface area contributed by atoms with E-state index in [-0.39, 0.29) is 0 Å². The first kappa shape index (κ1) is 49.2. The van der Waals surface area contributed by atoms with Gasteiger partial charge in [-0.05, 0) is 6.92 Å². The van der Waals surface area contributed by atoms with Crippen LogP contribution in [0.2, 0.25) is 0 Å². The van der Waals surface area contributed by atoms with Gasteiger partial charge in [0.25, 0.3) is 0 Å². The van der Waals surface area contributed by atoms with Gasteiger partial charge < -0.3 is 125 Å². The molecule has 24 atom stereocenters. The number of aliphatic hydroxyl groups is 16. The second-order valence-electron chi connectivity index (χ2n) is 14.4. The summed E-state index contributed by atoms with van der Waals surface area (Å²) in [4.78, 5) is 12.7. The fraction of sp³-hybridized carbons (Fsp3) is 0.969. The minimum Gasteiger partial charge on any atom is -0.394 e. The fourth-order valence-electron chi connectivity index (χ4n) is 6.96. The van der Waals surface area contributed by atoms with E-state index in [1.807, 2.05) is 0 Å². The van der Waals surface area contributed by atoms with E-state index in [0.29, 0.717) is 0 Å². The van der Waals surface area contributed by atoms with Gasteiger partial charge in [-0.25, -0.2) is 0 Å². The number of rotatable bonds is 17. The number of ether oxygens (including phenoxy) is 8. The number of nitrogens with one attached hydrogen (secondary N) is 1. The van der Waals surface area contributed by atoms with Crippen molar-refractivity contribution in [2.24, 2.45) is 0 Å². The van der Waals surface area contributed by atoms with Gasteiger partial charge in [-0.1, -0.05) is 0 Å². The minimum absolute atomic E-state index is 0.855. The first-order chi connectivity index (χ1) is 27.3. The van der Waals surface area contributed by atoms with Gasteiger partial charge >= 0.3 is 0 Å². The van der Waals surface area contributed by atoms with Crippen LogP contribution >= 0.6 is 0 Å². The van der Waals surface area contributed by atoms with E-state index < -0.39 is 186 Å². The van der Waals surface area contributed by atoms with Crippen LogP contribution in [0.15, 0.2) is 0 Å². The van der Waals surface area contributed by atoms with Crippen molar-refractivity contribution in [2.75, 3.05) is 33.0 Å². The van der Waals surface area contributed by atoms with E-state index in [1.54, 1.807) is 0 Å². The van der Waals surface area contributed by atoms with Crippen LogP contribution in [0.25, 0.3) is 0 Å². The molecule has 4 aliphatic rings. The molecule has 0 spiro atoms. The standard InChI is InChI=1S/C32H57NO25/c1-8-16(42)20(46)22(48)30(51-8)56-26-14(7-38)54-29(15(33-9(2)39)27(26)57-31-23(49)21(47)18(44)12(5-36)52-31)58-28-19(45)13(6-37)53-32(24(28)50)55-25(11(41)4-35)17(43)10(40)3-34/h8,10-32,34-38,40-50H,3-7H2,1-2H3,(H,33,39)/t8-,10+,11-,12-,13-,14-,15-,16+,17-,18+,19+,20+,21+,22-,23-,24-,25-,26-,27-,28+,29+,30-,31+,32+/m1/s1. The highest BCUT2D eigenvalue weighted by atomic mass is 16.8. The quantitative estimate of drug-likeness (QED) is 0.0646.